The number of anilines is 3. The molecule has 2 atom stereocenters. The van der Waals surface area contributed by atoms with Crippen LogP contribution in [0.3, 0.4) is 0 Å². The van der Waals surface area contributed by atoms with Crippen LogP contribution in [-0.4, -0.2) is 121 Å². The molecule has 3 aromatic carbocycles. The Kier molecular flexibility index (Phi) is 9.84. The monoisotopic (exact) mass is 822 g/mol. The molecule has 6 aliphatic rings. The number of benzene rings is 3. The second kappa shape index (κ2) is 14.9. The van der Waals surface area contributed by atoms with Gasteiger partial charge in [0.2, 0.25) is 11.8 Å². The lowest BCUT2D eigenvalue weighted by Crippen LogP contribution is -2.63. The molecule has 6 aliphatic heterocycles. The summed E-state index contributed by atoms with van der Waals surface area (Å²) in [4.78, 5) is 75.7. The summed E-state index contributed by atoms with van der Waals surface area (Å²) in [5.74, 6) is -2.10. The van der Waals surface area contributed by atoms with Crippen molar-refractivity contribution >= 4 is 46.6 Å². The maximum Gasteiger partial charge on any atom is 0.417 e. The number of amides is 5. The zero-order valence-electron chi connectivity index (χ0n) is 33.2. The fraction of sp³-hybridized carbons (Fsp3) is 0.455. The van der Waals surface area contributed by atoms with Crippen LogP contribution in [0.2, 0.25) is 0 Å². The summed E-state index contributed by atoms with van der Waals surface area (Å²) in [6.45, 7) is 8.49. The Labute approximate surface area is 345 Å². The topological polar surface area (TPSA) is 141 Å². The van der Waals surface area contributed by atoms with Gasteiger partial charge in [0.15, 0.2) is 0 Å². The standard InChI is InChI=1S/C44H45F3N8O5/c1-27-22-43(26-54(27)32-7-4-29(23-48)36(21-32)44(45,46)47)12-14-50(15-13-43)30-5-2-28(3-6-30)40(58)52-18-16-51(17-19-52)33-24-53(25-33)31-8-9-34-35(20-31)42(60)55(41(34)59)37-10-11-38(56)49-39(37)57/h2-9,20-21,27,33,37H,10-19,22,24-26H2,1H3,(H,49,56,57). The first-order chi connectivity index (χ1) is 28.7. The highest BCUT2D eigenvalue weighted by atomic mass is 19.4. The molecule has 2 unspecified atom stereocenters. The molecular weight excluding hydrogens is 778 g/mol. The van der Waals surface area contributed by atoms with Gasteiger partial charge in [-0.3, -0.25) is 39.1 Å². The SMILES string of the molecule is CC1CC2(CCN(c3ccc(C(=O)N4CCN(C5CN(c6ccc7c(c6)C(=O)N(C6CCC(=O)NC6=O)C7=O)C5)CC4)cc3)CC2)CN1c1ccc(C#N)c(C(F)(F)F)c1. The fourth-order valence-electron chi connectivity index (χ4n) is 10.1. The Morgan fingerprint density at radius 2 is 1.48 bits per heavy atom. The number of hydrogen-bond donors (Lipinski definition) is 1. The summed E-state index contributed by atoms with van der Waals surface area (Å²) in [6, 6.07) is 18.0. The van der Waals surface area contributed by atoms with Crippen LogP contribution in [0.25, 0.3) is 0 Å². The quantitative estimate of drug-likeness (QED) is 0.354. The molecule has 9 rings (SSSR count). The number of carbonyl (C=O) groups excluding carboxylic acids is 5. The minimum atomic E-state index is -4.60. The predicted octanol–water partition coefficient (Wildman–Crippen LogP) is 4.51. The third kappa shape index (κ3) is 7.02. The molecule has 0 radical (unpaired) electrons. The molecule has 5 fully saturated rings. The van der Waals surface area contributed by atoms with Gasteiger partial charge in [-0.05, 0) is 98.7 Å². The highest BCUT2D eigenvalue weighted by molar-refractivity contribution is 6.23. The van der Waals surface area contributed by atoms with Crippen LogP contribution in [0.1, 0.15) is 81.2 Å². The lowest BCUT2D eigenvalue weighted by Gasteiger charge is -2.49. The van der Waals surface area contributed by atoms with E-state index in [1.54, 1.807) is 24.3 Å². The molecule has 0 saturated carbocycles. The molecule has 5 saturated heterocycles. The summed E-state index contributed by atoms with van der Waals surface area (Å²) in [5.41, 5.74) is 2.25. The smallest absolute Gasteiger partial charge is 0.371 e. The van der Waals surface area contributed by atoms with E-state index in [0.717, 1.165) is 80.9 Å². The average Bonchev–Trinajstić information content (AvgIpc) is 3.67. The van der Waals surface area contributed by atoms with Crippen LogP contribution in [0.4, 0.5) is 30.2 Å². The van der Waals surface area contributed by atoms with Crippen molar-refractivity contribution in [1.82, 2.24) is 20.0 Å². The van der Waals surface area contributed by atoms with Crippen LogP contribution in [0, 0.1) is 16.7 Å². The summed E-state index contributed by atoms with van der Waals surface area (Å²) < 4.78 is 41.1. The van der Waals surface area contributed by atoms with Crippen LogP contribution in [-0.2, 0) is 15.8 Å². The van der Waals surface area contributed by atoms with E-state index in [9.17, 15) is 42.4 Å². The molecule has 0 aromatic heterocycles. The highest BCUT2D eigenvalue weighted by Crippen LogP contribution is 2.46. The van der Waals surface area contributed by atoms with E-state index >= 15 is 0 Å². The van der Waals surface area contributed by atoms with Gasteiger partial charge >= 0.3 is 6.18 Å². The van der Waals surface area contributed by atoms with Crippen molar-refractivity contribution in [3.63, 3.8) is 0 Å². The molecular formula is C44H45F3N8O5. The molecule has 0 aliphatic carbocycles. The van der Waals surface area contributed by atoms with Gasteiger partial charge in [0.1, 0.15) is 6.04 Å². The Morgan fingerprint density at radius 3 is 2.15 bits per heavy atom. The van der Waals surface area contributed by atoms with E-state index in [4.69, 9.17) is 0 Å². The van der Waals surface area contributed by atoms with Crippen LogP contribution in [0.5, 0.6) is 0 Å². The molecule has 0 bridgehead atoms. The van der Waals surface area contributed by atoms with Crippen molar-refractivity contribution < 1.29 is 37.1 Å². The third-order valence-electron chi connectivity index (χ3n) is 13.6. The predicted molar refractivity (Wildman–Crippen MR) is 214 cm³/mol. The van der Waals surface area contributed by atoms with Gasteiger partial charge in [0, 0.05) is 100 Å². The molecule has 60 heavy (non-hydrogen) atoms. The number of nitrogens with one attached hydrogen (secondary N) is 1. The largest absolute Gasteiger partial charge is 0.417 e. The maximum absolute atomic E-state index is 13.7. The number of nitriles is 1. The molecule has 13 nitrogen and oxygen atoms in total. The van der Waals surface area contributed by atoms with Crippen molar-refractivity contribution in [2.24, 2.45) is 5.41 Å². The minimum absolute atomic E-state index is 0.00532. The van der Waals surface area contributed by atoms with Gasteiger partial charge in [0.05, 0.1) is 28.3 Å². The van der Waals surface area contributed by atoms with Crippen LogP contribution >= 0.6 is 0 Å². The number of carbonyl (C=O) groups is 5. The Bertz CT molecular complexity index is 2310. The van der Waals surface area contributed by atoms with E-state index in [1.165, 1.54) is 6.07 Å². The van der Waals surface area contributed by atoms with Crippen molar-refractivity contribution in [1.29, 1.82) is 5.26 Å². The number of halogens is 3. The minimum Gasteiger partial charge on any atom is -0.371 e. The highest BCUT2D eigenvalue weighted by Gasteiger charge is 2.47. The second-order valence-corrected chi connectivity index (χ2v) is 17.1. The molecule has 1 N–H and O–H groups in total. The summed E-state index contributed by atoms with van der Waals surface area (Å²) in [5, 5.41) is 11.4. The molecule has 3 aromatic rings. The first-order valence-corrected chi connectivity index (χ1v) is 20.6. The maximum atomic E-state index is 13.7. The lowest BCUT2D eigenvalue weighted by atomic mass is 9.76. The molecule has 16 heteroatoms. The first kappa shape index (κ1) is 39.5. The molecule has 1 spiro atoms. The average molecular weight is 823 g/mol. The first-order valence-electron chi connectivity index (χ1n) is 20.6. The number of hydrogen-bond acceptors (Lipinski definition) is 10. The van der Waals surface area contributed by atoms with Gasteiger partial charge in [-0.15, -0.1) is 0 Å². The number of piperazine rings is 1. The number of fused-ring (bicyclic) bond motifs is 1. The normalized spacial score (nSPS) is 23.6. The zero-order valence-corrected chi connectivity index (χ0v) is 33.2. The summed E-state index contributed by atoms with van der Waals surface area (Å²) in [6.07, 6.45) is -1.73. The molecule has 6 heterocycles. The zero-order chi connectivity index (χ0) is 42.1. The van der Waals surface area contributed by atoms with Crippen molar-refractivity contribution in [3.8, 4) is 6.07 Å². The third-order valence-corrected chi connectivity index (χ3v) is 13.6. The van der Waals surface area contributed by atoms with Crippen molar-refractivity contribution in [2.45, 2.75) is 63.3 Å². The van der Waals surface area contributed by atoms with E-state index in [2.05, 4.69) is 31.8 Å². The van der Waals surface area contributed by atoms with Gasteiger partial charge in [-0.1, -0.05) is 0 Å². The lowest BCUT2D eigenvalue weighted by molar-refractivity contribution is -0.138. The number of alkyl halides is 3. The number of piperidine rings is 2. The van der Waals surface area contributed by atoms with Crippen LogP contribution in [0.15, 0.2) is 60.7 Å². The van der Waals surface area contributed by atoms with Gasteiger partial charge in [0.25, 0.3) is 17.7 Å². The Balaban J connectivity index is 0.743. The summed E-state index contributed by atoms with van der Waals surface area (Å²) >= 11 is 0. The molecule has 312 valence electrons. The Morgan fingerprint density at radius 1 is 0.817 bits per heavy atom. The van der Waals surface area contributed by atoms with E-state index in [1.807, 2.05) is 35.2 Å². The Hall–Kier alpha value is -5.95. The van der Waals surface area contributed by atoms with Crippen LogP contribution < -0.4 is 20.0 Å². The van der Waals surface area contributed by atoms with Crippen molar-refractivity contribution in [3.05, 3.63) is 88.5 Å². The fourth-order valence-corrected chi connectivity index (χ4v) is 10.1. The van der Waals surface area contributed by atoms with E-state index in [-0.39, 0.29) is 52.9 Å². The van der Waals surface area contributed by atoms with E-state index in [0.29, 0.717) is 30.9 Å². The summed E-state index contributed by atoms with van der Waals surface area (Å²) in [7, 11) is 0. The molecule has 5 amide bonds. The number of imide groups is 2. The number of nitrogens with zero attached hydrogens (tertiary/aromatic N) is 7. The van der Waals surface area contributed by atoms with Gasteiger partial charge < -0.3 is 19.6 Å². The van der Waals surface area contributed by atoms with Gasteiger partial charge in [-0.2, -0.15) is 18.4 Å². The second-order valence-electron chi connectivity index (χ2n) is 17.1. The van der Waals surface area contributed by atoms with E-state index < -0.39 is 41.4 Å². The van der Waals surface area contributed by atoms with Crippen molar-refractivity contribution in [2.75, 3.05) is 73.6 Å². The number of rotatable bonds is 6. The van der Waals surface area contributed by atoms with Gasteiger partial charge in [-0.25, -0.2) is 0 Å².